The van der Waals surface area contributed by atoms with Crippen LogP contribution in [-0.2, 0) is 4.74 Å². The first-order valence-electron chi connectivity index (χ1n) is 10.6. The van der Waals surface area contributed by atoms with Crippen LogP contribution >= 0.6 is 0 Å². The summed E-state index contributed by atoms with van der Waals surface area (Å²) in [6.07, 6.45) is 0.898. The van der Waals surface area contributed by atoms with Crippen molar-refractivity contribution in [1.29, 1.82) is 0 Å². The molecule has 1 fully saturated rings. The highest BCUT2D eigenvalue weighted by Crippen LogP contribution is 2.24. The maximum atomic E-state index is 12.8. The van der Waals surface area contributed by atoms with E-state index in [-0.39, 0.29) is 23.2 Å². The van der Waals surface area contributed by atoms with E-state index in [1.165, 1.54) is 13.4 Å². The fourth-order valence-corrected chi connectivity index (χ4v) is 3.57. The Morgan fingerprint density at radius 3 is 2.30 bits per heavy atom. The topological polar surface area (TPSA) is 98.5 Å². The summed E-state index contributed by atoms with van der Waals surface area (Å²) < 4.78 is 21.4. The molecule has 0 spiro atoms. The van der Waals surface area contributed by atoms with E-state index in [1.54, 1.807) is 59.2 Å². The van der Waals surface area contributed by atoms with Crippen LogP contribution in [0.4, 0.5) is 4.79 Å². The molecule has 9 nitrogen and oxygen atoms in total. The Morgan fingerprint density at radius 2 is 1.64 bits per heavy atom. The molecule has 0 unspecified atom stereocenters. The molecule has 0 saturated carbocycles. The number of nitrogens with zero attached hydrogens (tertiary/aromatic N) is 2. The van der Waals surface area contributed by atoms with Gasteiger partial charge in [-0.05, 0) is 43.3 Å². The van der Waals surface area contributed by atoms with Crippen LogP contribution in [0.5, 0.6) is 17.2 Å². The minimum absolute atomic E-state index is 0.0434. The summed E-state index contributed by atoms with van der Waals surface area (Å²) in [7, 11) is 1.54. The average Bonchev–Trinajstić information content (AvgIpc) is 2.86. The van der Waals surface area contributed by atoms with Crippen LogP contribution in [0.3, 0.4) is 0 Å². The van der Waals surface area contributed by atoms with Gasteiger partial charge in [0, 0.05) is 37.8 Å². The number of hydrogen-bond donors (Lipinski definition) is 0. The monoisotopic (exact) mass is 452 g/mol. The molecule has 9 heteroatoms. The van der Waals surface area contributed by atoms with Gasteiger partial charge in [-0.2, -0.15) is 0 Å². The van der Waals surface area contributed by atoms with Crippen LogP contribution in [0.2, 0.25) is 0 Å². The van der Waals surface area contributed by atoms with Crippen molar-refractivity contribution in [1.82, 2.24) is 9.80 Å². The van der Waals surface area contributed by atoms with Gasteiger partial charge in [-0.3, -0.25) is 9.59 Å². The molecule has 1 aromatic heterocycles. The summed E-state index contributed by atoms with van der Waals surface area (Å²) in [6, 6.07) is 11.5. The lowest BCUT2D eigenvalue weighted by Gasteiger charge is -2.34. The number of benzene rings is 2. The second-order valence-electron chi connectivity index (χ2n) is 7.40. The van der Waals surface area contributed by atoms with E-state index in [0.29, 0.717) is 60.8 Å². The lowest BCUT2D eigenvalue weighted by atomic mass is 10.1. The maximum Gasteiger partial charge on any atom is 0.409 e. The largest absolute Gasteiger partial charge is 0.497 e. The number of fused-ring (bicyclic) bond motifs is 1. The number of carbonyl (C=O) groups is 2. The minimum Gasteiger partial charge on any atom is -0.497 e. The second-order valence-corrected chi connectivity index (χ2v) is 7.40. The third-order valence-corrected chi connectivity index (χ3v) is 5.37. The van der Waals surface area contributed by atoms with E-state index < -0.39 is 0 Å². The number of methoxy groups -OCH3 is 1. The number of hydrogen-bond acceptors (Lipinski definition) is 7. The molecule has 0 bridgehead atoms. The summed E-state index contributed by atoms with van der Waals surface area (Å²) in [5.41, 5.74) is 0.582. The van der Waals surface area contributed by atoms with Crippen LogP contribution in [0.15, 0.2) is 57.9 Å². The molecular formula is C24H24N2O7. The Morgan fingerprint density at radius 1 is 0.970 bits per heavy atom. The van der Waals surface area contributed by atoms with E-state index >= 15 is 0 Å². The standard InChI is InChI=1S/C24H24N2O7/c1-3-31-24(29)26-12-10-25(11-13-26)23(28)16-4-6-17(7-5-16)33-21-15-32-20-14-18(30-2)8-9-19(20)22(21)27/h4-9,14-15H,3,10-13H2,1-2H3. The summed E-state index contributed by atoms with van der Waals surface area (Å²) in [5.74, 6) is 0.895. The van der Waals surface area contributed by atoms with Crippen molar-refractivity contribution in [3.8, 4) is 17.2 Å². The van der Waals surface area contributed by atoms with Gasteiger partial charge in [0.05, 0.1) is 19.1 Å². The Labute approximate surface area is 190 Å². The van der Waals surface area contributed by atoms with Gasteiger partial charge < -0.3 is 28.4 Å². The Balaban J connectivity index is 1.41. The highest BCUT2D eigenvalue weighted by atomic mass is 16.6. The predicted molar refractivity (Wildman–Crippen MR) is 120 cm³/mol. The number of ether oxygens (including phenoxy) is 3. The molecule has 2 heterocycles. The van der Waals surface area contributed by atoms with Crippen LogP contribution in [0, 0.1) is 0 Å². The second kappa shape index (κ2) is 9.64. The first-order valence-corrected chi connectivity index (χ1v) is 10.6. The van der Waals surface area contributed by atoms with Gasteiger partial charge in [0.15, 0.2) is 0 Å². The molecule has 1 aliphatic heterocycles. The van der Waals surface area contributed by atoms with E-state index in [4.69, 9.17) is 18.6 Å². The summed E-state index contributed by atoms with van der Waals surface area (Å²) in [4.78, 5) is 40.6. The summed E-state index contributed by atoms with van der Waals surface area (Å²) >= 11 is 0. The lowest BCUT2D eigenvalue weighted by molar-refractivity contribution is 0.0570. The lowest BCUT2D eigenvalue weighted by Crippen LogP contribution is -2.50. The molecule has 0 radical (unpaired) electrons. The van der Waals surface area contributed by atoms with E-state index in [0.717, 1.165) is 0 Å². The number of amides is 2. The van der Waals surface area contributed by atoms with Gasteiger partial charge in [0.25, 0.3) is 5.91 Å². The van der Waals surface area contributed by atoms with Crippen molar-refractivity contribution in [2.24, 2.45) is 0 Å². The molecule has 33 heavy (non-hydrogen) atoms. The van der Waals surface area contributed by atoms with Crippen LogP contribution in [0.25, 0.3) is 11.0 Å². The number of piperazine rings is 1. The predicted octanol–water partition coefficient (Wildman–Crippen LogP) is 3.51. The normalized spacial score (nSPS) is 13.6. The van der Waals surface area contributed by atoms with Gasteiger partial charge in [-0.15, -0.1) is 0 Å². The minimum atomic E-state index is -0.358. The fraction of sp³-hybridized carbons (Fsp3) is 0.292. The molecule has 4 rings (SSSR count). The molecule has 0 atom stereocenters. The molecule has 3 aromatic rings. The molecule has 0 aliphatic carbocycles. The average molecular weight is 452 g/mol. The first-order chi connectivity index (χ1) is 16.0. The van der Waals surface area contributed by atoms with Gasteiger partial charge in [0.1, 0.15) is 23.3 Å². The van der Waals surface area contributed by atoms with E-state index in [9.17, 15) is 14.4 Å². The first kappa shape index (κ1) is 22.2. The quantitative estimate of drug-likeness (QED) is 0.584. The zero-order valence-electron chi connectivity index (χ0n) is 18.4. The van der Waals surface area contributed by atoms with Crippen LogP contribution < -0.4 is 14.9 Å². The Kier molecular flexibility index (Phi) is 6.48. The van der Waals surface area contributed by atoms with E-state index in [2.05, 4.69) is 0 Å². The number of carbonyl (C=O) groups excluding carboxylic acids is 2. The molecule has 0 N–H and O–H groups in total. The van der Waals surface area contributed by atoms with Crippen LogP contribution in [-0.4, -0.2) is 61.7 Å². The molecule has 172 valence electrons. The molecular weight excluding hydrogens is 428 g/mol. The van der Waals surface area contributed by atoms with E-state index in [1.807, 2.05) is 0 Å². The summed E-state index contributed by atoms with van der Waals surface area (Å²) in [5, 5.41) is 0.377. The maximum absolute atomic E-state index is 12.8. The zero-order chi connectivity index (χ0) is 23.4. The molecule has 2 aromatic carbocycles. The van der Waals surface area contributed by atoms with Gasteiger partial charge in [0.2, 0.25) is 11.2 Å². The Hall–Kier alpha value is -4.01. The summed E-state index contributed by atoms with van der Waals surface area (Å²) in [6.45, 7) is 3.79. The van der Waals surface area contributed by atoms with Gasteiger partial charge in [-0.1, -0.05) is 0 Å². The van der Waals surface area contributed by atoms with Crippen molar-refractivity contribution in [2.45, 2.75) is 6.92 Å². The zero-order valence-corrected chi connectivity index (χ0v) is 18.4. The fourth-order valence-electron chi connectivity index (χ4n) is 3.57. The Bertz CT molecular complexity index is 1210. The molecule has 2 amide bonds. The SMILES string of the molecule is CCOC(=O)N1CCN(C(=O)c2ccc(Oc3coc4cc(OC)ccc4c3=O)cc2)CC1. The highest BCUT2D eigenvalue weighted by molar-refractivity contribution is 5.94. The van der Waals surface area contributed by atoms with Crippen molar-refractivity contribution >= 4 is 23.0 Å². The van der Waals surface area contributed by atoms with Crippen molar-refractivity contribution in [2.75, 3.05) is 39.9 Å². The molecule has 1 saturated heterocycles. The van der Waals surface area contributed by atoms with Crippen molar-refractivity contribution in [3.63, 3.8) is 0 Å². The highest BCUT2D eigenvalue weighted by Gasteiger charge is 2.25. The molecule has 1 aliphatic rings. The van der Waals surface area contributed by atoms with Crippen molar-refractivity contribution in [3.05, 3.63) is 64.5 Å². The number of rotatable bonds is 5. The van der Waals surface area contributed by atoms with Gasteiger partial charge in [-0.25, -0.2) is 4.79 Å². The van der Waals surface area contributed by atoms with Crippen molar-refractivity contribution < 1.29 is 28.2 Å². The van der Waals surface area contributed by atoms with Crippen LogP contribution in [0.1, 0.15) is 17.3 Å². The third-order valence-electron chi connectivity index (χ3n) is 5.37. The smallest absolute Gasteiger partial charge is 0.409 e. The van der Waals surface area contributed by atoms with Gasteiger partial charge >= 0.3 is 6.09 Å². The third kappa shape index (κ3) is 4.77.